The van der Waals surface area contributed by atoms with Gasteiger partial charge in [-0.05, 0) is 18.9 Å². The lowest BCUT2D eigenvalue weighted by Crippen LogP contribution is -2.22. The molecule has 0 aliphatic heterocycles. The van der Waals surface area contributed by atoms with E-state index in [-0.39, 0.29) is 0 Å². The summed E-state index contributed by atoms with van der Waals surface area (Å²) in [6.07, 6.45) is 8.32. The normalized spacial score (nSPS) is 18.0. The minimum Gasteiger partial charge on any atom is -0.399 e. The molecule has 0 aromatic carbocycles. The lowest BCUT2D eigenvalue weighted by Gasteiger charge is -2.23. The van der Waals surface area contributed by atoms with E-state index in [1.165, 1.54) is 32.1 Å². The highest BCUT2D eigenvalue weighted by atomic mass is 15.0. The second-order valence-electron chi connectivity index (χ2n) is 3.95. The van der Waals surface area contributed by atoms with E-state index in [1.54, 1.807) is 6.20 Å². The molecule has 0 amide bonds. The second kappa shape index (κ2) is 4.31. The molecule has 1 aliphatic rings. The summed E-state index contributed by atoms with van der Waals surface area (Å²) in [7, 11) is 0. The lowest BCUT2D eigenvalue weighted by molar-refractivity contribution is 0.462. The number of pyridine rings is 1. The Morgan fingerprint density at radius 2 is 2.07 bits per heavy atom. The maximum Gasteiger partial charge on any atom is 0.128 e. The highest BCUT2D eigenvalue weighted by Gasteiger charge is 2.12. The number of nitrogen functional groups attached to an aromatic ring is 1. The number of anilines is 2. The Hall–Kier alpha value is -1.25. The number of nitrogens with two attached hydrogens (primary N) is 1. The maximum atomic E-state index is 5.68. The summed E-state index contributed by atoms with van der Waals surface area (Å²) in [6.45, 7) is 0. The van der Waals surface area contributed by atoms with Gasteiger partial charge in [-0.3, -0.25) is 0 Å². The van der Waals surface area contributed by atoms with Gasteiger partial charge < -0.3 is 11.1 Å². The van der Waals surface area contributed by atoms with Crippen molar-refractivity contribution in [3.63, 3.8) is 0 Å². The highest BCUT2D eigenvalue weighted by Crippen LogP contribution is 2.21. The summed E-state index contributed by atoms with van der Waals surface area (Å²) in [5.74, 6) is 0.914. The summed E-state index contributed by atoms with van der Waals surface area (Å²) >= 11 is 0. The van der Waals surface area contributed by atoms with Crippen LogP contribution in [0.4, 0.5) is 11.5 Å². The Kier molecular flexibility index (Phi) is 2.87. The summed E-state index contributed by atoms with van der Waals surface area (Å²) in [4.78, 5) is 4.24. The van der Waals surface area contributed by atoms with Crippen LogP contribution in [0.5, 0.6) is 0 Å². The SMILES string of the molecule is Nc1ccnc(NC2CCCCC2)c1. The number of aromatic nitrogens is 1. The van der Waals surface area contributed by atoms with E-state index in [9.17, 15) is 0 Å². The van der Waals surface area contributed by atoms with Crippen LogP contribution >= 0.6 is 0 Å². The number of hydrogen-bond acceptors (Lipinski definition) is 3. The molecule has 0 atom stereocenters. The fourth-order valence-corrected chi connectivity index (χ4v) is 1.98. The van der Waals surface area contributed by atoms with E-state index < -0.39 is 0 Å². The maximum absolute atomic E-state index is 5.68. The van der Waals surface area contributed by atoms with Crippen LogP contribution in [0, 0.1) is 0 Å². The standard InChI is InChI=1S/C11H17N3/c12-9-6-7-13-11(8-9)14-10-4-2-1-3-5-10/h6-8,10H,1-5H2,(H3,12,13,14). The van der Waals surface area contributed by atoms with Crippen molar-refractivity contribution in [3.8, 4) is 0 Å². The smallest absolute Gasteiger partial charge is 0.128 e. The molecular formula is C11H17N3. The Morgan fingerprint density at radius 1 is 1.29 bits per heavy atom. The Bertz CT molecular complexity index is 292. The van der Waals surface area contributed by atoms with Crippen molar-refractivity contribution in [3.05, 3.63) is 18.3 Å². The van der Waals surface area contributed by atoms with Crippen LogP contribution in [0.1, 0.15) is 32.1 Å². The third-order valence-corrected chi connectivity index (χ3v) is 2.74. The summed E-state index contributed by atoms with van der Waals surface area (Å²) < 4.78 is 0. The first kappa shape index (κ1) is 9.31. The number of nitrogens with zero attached hydrogens (tertiary/aromatic N) is 1. The summed E-state index contributed by atoms with van der Waals surface area (Å²) in [5, 5.41) is 3.43. The molecule has 1 aromatic heterocycles. The topological polar surface area (TPSA) is 50.9 Å². The molecule has 3 nitrogen and oxygen atoms in total. The molecule has 3 heteroatoms. The van der Waals surface area contributed by atoms with Crippen LogP contribution in [0.25, 0.3) is 0 Å². The molecule has 0 unspecified atom stereocenters. The van der Waals surface area contributed by atoms with Gasteiger partial charge in [0, 0.05) is 24.0 Å². The fraction of sp³-hybridized carbons (Fsp3) is 0.545. The second-order valence-corrected chi connectivity index (χ2v) is 3.95. The summed E-state index contributed by atoms with van der Waals surface area (Å²) in [5.41, 5.74) is 6.46. The van der Waals surface area contributed by atoms with Gasteiger partial charge in [-0.1, -0.05) is 19.3 Å². The van der Waals surface area contributed by atoms with E-state index in [1.807, 2.05) is 12.1 Å². The van der Waals surface area contributed by atoms with Gasteiger partial charge in [0.15, 0.2) is 0 Å². The third kappa shape index (κ3) is 2.37. The molecule has 1 fully saturated rings. The van der Waals surface area contributed by atoms with Crippen LogP contribution in [-0.2, 0) is 0 Å². The van der Waals surface area contributed by atoms with E-state index in [0.29, 0.717) is 6.04 Å². The zero-order valence-electron chi connectivity index (χ0n) is 8.37. The quantitative estimate of drug-likeness (QED) is 0.754. The molecule has 14 heavy (non-hydrogen) atoms. The molecule has 0 saturated heterocycles. The van der Waals surface area contributed by atoms with Gasteiger partial charge in [0.2, 0.25) is 0 Å². The van der Waals surface area contributed by atoms with Crippen LogP contribution < -0.4 is 11.1 Å². The van der Waals surface area contributed by atoms with Gasteiger partial charge in [-0.25, -0.2) is 4.98 Å². The van der Waals surface area contributed by atoms with Gasteiger partial charge in [0.25, 0.3) is 0 Å². The molecule has 1 saturated carbocycles. The lowest BCUT2D eigenvalue weighted by atomic mass is 9.95. The van der Waals surface area contributed by atoms with Gasteiger partial charge >= 0.3 is 0 Å². The first-order valence-corrected chi connectivity index (χ1v) is 5.33. The molecule has 2 rings (SSSR count). The number of rotatable bonds is 2. The van der Waals surface area contributed by atoms with Gasteiger partial charge in [-0.15, -0.1) is 0 Å². The average Bonchev–Trinajstić information content (AvgIpc) is 2.19. The molecule has 0 spiro atoms. The average molecular weight is 191 g/mol. The van der Waals surface area contributed by atoms with Gasteiger partial charge in [-0.2, -0.15) is 0 Å². The Morgan fingerprint density at radius 3 is 2.79 bits per heavy atom. The molecule has 0 bridgehead atoms. The Labute approximate surface area is 84.7 Å². The molecule has 0 radical (unpaired) electrons. The predicted octanol–water partition coefficient (Wildman–Crippen LogP) is 2.41. The van der Waals surface area contributed by atoms with E-state index in [2.05, 4.69) is 10.3 Å². The van der Waals surface area contributed by atoms with Crippen LogP contribution in [0.3, 0.4) is 0 Å². The first-order valence-electron chi connectivity index (χ1n) is 5.33. The van der Waals surface area contributed by atoms with Gasteiger partial charge in [0.05, 0.1) is 0 Å². The Balaban J connectivity index is 1.95. The van der Waals surface area contributed by atoms with E-state index in [0.717, 1.165) is 11.5 Å². The molecular weight excluding hydrogens is 174 g/mol. The summed E-state index contributed by atoms with van der Waals surface area (Å²) in [6, 6.07) is 4.30. The number of nitrogens with one attached hydrogen (secondary N) is 1. The van der Waals surface area contributed by atoms with E-state index >= 15 is 0 Å². The molecule has 1 heterocycles. The van der Waals surface area contributed by atoms with Gasteiger partial charge in [0.1, 0.15) is 5.82 Å². The predicted molar refractivity (Wildman–Crippen MR) is 59.1 cm³/mol. The third-order valence-electron chi connectivity index (χ3n) is 2.74. The van der Waals surface area contributed by atoms with Crippen molar-refractivity contribution in [2.75, 3.05) is 11.1 Å². The monoisotopic (exact) mass is 191 g/mol. The molecule has 76 valence electrons. The van der Waals surface area contributed by atoms with Crippen molar-refractivity contribution in [2.45, 2.75) is 38.1 Å². The zero-order chi connectivity index (χ0) is 9.80. The van der Waals surface area contributed by atoms with Crippen LogP contribution in [0.15, 0.2) is 18.3 Å². The molecule has 1 aliphatic carbocycles. The van der Waals surface area contributed by atoms with Crippen molar-refractivity contribution >= 4 is 11.5 Å². The van der Waals surface area contributed by atoms with Crippen molar-refractivity contribution in [1.29, 1.82) is 0 Å². The minimum absolute atomic E-state index is 0.595. The van der Waals surface area contributed by atoms with Crippen molar-refractivity contribution < 1.29 is 0 Å². The zero-order valence-corrected chi connectivity index (χ0v) is 8.37. The largest absolute Gasteiger partial charge is 0.399 e. The first-order chi connectivity index (χ1) is 6.84. The van der Waals surface area contributed by atoms with E-state index in [4.69, 9.17) is 5.73 Å². The number of hydrogen-bond donors (Lipinski definition) is 2. The van der Waals surface area contributed by atoms with Crippen molar-refractivity contribution in [2.24, 2.45) is 0 Å². The fourth-order valence-electron chi connectivity index (χ4n) is 1.98. The van der Waals surface area contributed by atoms with Crippen LogP contribution in [-0.4, -0.2) is 11.0 Å². The molecule has 1 aromatic rings. The van der Waals surface area contributed by atoms with Crippen LogP contribution in [0.2, 0.25) is 0 Å². The molecule has 3 N–H and O–H groups in total. The minimum atomic E-state index is 0.595. The highest BCUT2D eigenvalue weighted by molar-refractivity contribution is 5.48. The van der Waals surface area contributed by atoms with Crippen molar-refractivity contribution in [1.82, 2.24) is 4.98 Å².